The van der Waals surface area contributed by atoms with E-state index in [0.717, 1.165) is 2.70 Å². The summed E-state index contributed by atoms with van der Waals surface area (Å²) in [5.74, 6) is 0. The van der Waals surface area contributed by atoms with Gasteiger partial charge >= 0.3 is 0 Å². The highest BCUT2D eigenvalue weighted by Crippen LogP contribution is 2.41. The third-order valence-corrected chi connectivity index (χ3v) is 5.58. The van der Waals surface area contributed by atoms with Crippen LogP contribution in [0, 0.1) is 6.92 Å². The highest BCUT2D eigenvalue weighted by atomic mass is 127. The predicted molar refractivity (Wildman–Crippen MR) is 94.5 cm³/mol. The molecule has 1 unspecified atom stereocenters. The van der Waals surface area contributed by atoms with Crippen molar-refractivity contribution in [3.63, 3.8) is 0 Å². The van der Waals surface area contributed by atoms with E-state index in [1.165, 1.54) is 16.9 Å². The molecule has 0 radical (unpaired) electrons. The molecule has 2 nitrogen and oxygen atoms in total. The Kier molecular flexibility index (Phi) is 3.56. The van der Waals surface area contributed by atoms with Gasteiger partial charge in [0.15, 0.2) is 6.17 Å². The van der Waals surface area contributed by atoms with E-state index in [4.69, 9.17) is 0 Å². The van der Waals surface area contributed by atoms with Gasteiger partial charge in [0.05, 0.1) is 6.20 Å². The van der Waals surface area contributed by atoms with Gasteiger partial charge in [-0.1, -0.05) is 36.4 Å². The van der Waals surface area contributed by atoms with Crippen LogP contribution in [0.3, 0.4) is 0 Å². The van der Waals surface area contributed by atoms with Crippen molar-refractivity contribution >= 4 is 34.2 Å². The fraction of sp³-hybridized carbons (Fsp3) is 0.176. The molecule has 2 aromatic rings. The van der Waals surface area contributed by atoms with Crippen LogP contribution in [0.2, 0.25) is 0 Å². The summed E-state index contributed by atoms with van der Waals surface area (Å²) in [5, 5.41) is 0. The Balaban J connectivity index is 1.99. The van der Waals surface area contributed by atoms with Crippen molar-refractivity contribution in [1.29, 1.82) is 0 Å². The Labute approximate surface area is 134 Å². The number of aryl methyl sites for hydroxylation is 1. The molecular weight excluding hydrogens is 359 g/mol. The van der Waals surface area contributed by atoms with Crippen molar-refractivity contribution < 1.29 is 0 Å². The second-order valence-electron chi connectivity index (χ2n) is 5.15. The molecule has 20 heavy (non-hydrogen) atoms. The van der Waals surface area contributed by atoms with Crippen LogP contribution >= 0.6 is 22.9 Å². The van der Waals surface area contributed by atoms with Crippen LogP contribution < -0.4 is 7.60 Å². The summed E-state index contributed by atoms with van der Waals surface area (Å²) >= 11 is 2.53. The lowest BCUT2D eigenvalue weighted by atomic mass is 10.2. The topological polar surface area (TPSA) is 3.24 Å². The molecule has 102 valence electrons. The number of hydrogen-bond acceptors (Lipinski definition) is 1. The highest BCUT2D eigenvalue weighted by molar-refractivity contribution is 14.1. The summed E-state index contributed by atoms with van der Waals surface area (Å²) in [5.41, 5.74) is 3.91. The second kappa shape index (κ2) is 5.22. The number of nitrogens with zero attached hydrogens (tertiary/aromatic N) is 2. The molecule has 2 atom stereocenters. The normalized spacial score (nSPS) is 25.1. The minimum atomic E-state index is 0.332. The third-order valence-electron chi connectivity index (χ3n) is 3.93. The van der Waals surface area contributed by atoms with E-state index >= 15 is 0 Å². The van der Waals surface area contributed by atoms with Gasteiger partial charge in [-0.3, -0.25) is 4.90 Å². The molecule has 0 aromatic heterocycles. The van der Waals surface area contributed by atoms with Crippen molar-refractivity contribution in [2.45, 2.75) is 20.0 Å². The maximum absolute atomic E-state index is 2.53. The van der Waals surface area contributed by atoms with Gasteiger partial charge in [0, 0.05) is 24.2 Å². The van der Waals surface area contributed by atoms with Gasteiger partial charge in [-0.25, -0.2) is 0 Å². The third kappa shape index (κ3) is 2.15. The van der Waals surface area contributed by atoms with Gasteiger partial charge < -0.3 is 0 Å². The highest BCUT2D eigenvalue weighted by Gasteiger charge is 2.42. The van der Waals surface area contributed by atoms with Crippen molar-refractivity contribution in [3.8, 4) is 0 Å². The van der Waals surface area contributed by atoms with Crippen LogP contribution in [0.25, 0.3) is 0 Å². The largest absolute Gasteiger partial charge is 0.292 e. The molecule has 0 bridgehead atoms. The number of rotatable bonds is 2. The molecule has 0 saturated heterocycles. The summed E-state index contributed by atoms with van der Waals surface area (Å²) in [6.45, 7) is 4.45. The Hall–Kier alpha value is -1.33. The SMILES string of the molecule is Cc1ccccc1[N+]1(I)C=CN(c2ccccc2)[C@@H]1C. The smallest absolute Gasteiger partial charge is 0.262 e. The van der Waals surface area contributed by atoms with E-state index in [0.29, 0.717) is 6.17 Å². The quantitative estimate of drug-likeness (QED) is 0.527. The molecule has 1 heterocycles. The van der Waals surface area contributed by atoms with Gasteiger partial charge in [-0.05, 0) is 19.1 Å². The molecule has 3 rings (SSSR count). The molecule has 0 saturated carbocycles. The zero-order chi connectivity index (χ0) is 14.2. The lowest BCUT2D eigenvalue weighted by molar-refractivity contribution is 0.529. The van der Waals surface area contributed by atoms with Crippen LogP contribution in [-0.2, 0) is 0 Å². The van der Waals surface area contributed by atoms with Crippen molar-refractivity contribution in [1.82, 2.24) is 2.70 Å². The van der Waals surface area contributed by atoms with Crippen LogP contribution in [0.4, 0.5) is 11.4 Å². The molecule has 0 N–H and O–H groups in total. The predicted octanol–water partition coefficient (Wildman–Crippen LogP) is 4.99. The summed E-state index contributed by atoms with van der Waals surface area (Å²) in [4.78, 5) is 2.33. The van der Waals surface area contributed by atoms with Crippen LogP contribution in [0.1, 0.15) is 12.5 Å². The van der Waals surface area contributed by atoms with E-state index in [1.54, 1.807) is 0 Å². The Morgan fingerprint density at radius 1 is 1.00 bits per heavy atom. The molecule has 1 aliphatic heterocycles. The molecule has 2 aromatic carbocycles. The lowest BCUT2D eigenvalue weighted by Crippen LogP contribution is -2.45. The molecule has 0 fully saturated rings. The maximum Gasteiger partial charge on any atom is 0.262 e. The fourth-order valence-electron chi connectivity index (χ4n) is 2.73. The van der Waals surface area contributed by atoms with E-state index in [2.05, 4.69) is 109 Å². The number of halogens is 1. The molecular formula is C17H18IN2+. The van der Waals surface area contributed by atoms with E-state index in [1.807, 2.05) is 0 Å². The van der Waals surface area contributed by atoms with Crippen molar-refractivity contribution in [3.05, 3.63) is 72.6 Å². The van der Waals surface area contributed by atoms with Gasteiger partial charge in [0.1, 0.15) is 11.9 Å². The minimum absolute atomic E-state index is 0.332. The Bertz CT molecular complexity index is 638. The first-order valence-electron chi connectivity index (χ1n) is 6.80. The minimum Gasteiger partial charge on any atom is -0.292 e. The van der Waals surface area contributed by atoms with Crippen molar-refractivity contribution in [2.75, 3.05) is 4.90 Å². The zero-order valence-electron chi connectivity index (χ0n) is 11.7. The number of hydrogen-bond donors (Lipinski definition) is 0. The lowest BCUT2D eigenvalue weighted by Gasteiger charge is -2.33. The zero-order valence-corrected chi connectivity index (χ0v) is 13.9. The van der Waals surface area contributed by atoms with Crippen molar-refractivity contribution in [2.24, 2.45) is 0 Å². The van der Waals surface area contributed by atoms with E-state index in [9.17, 15) is 0 Å². The number of para-hydroxylation sites is 2. The average Bonchev–Trinajstić information content (AvgIpc) is 2.77. The number of benzene rings is 2. The molecule has 0 spiro atoms. The van der Waals surface area contributed by atoms with Gasteiger partial charge in [0.2, 0.25) is 0 Å². The molecule has 1 aliphatic rings. The van der Waals surface area contributed by atoms with Gasteiger partial charge in [0.25, 0.3) is 22.9 Å². The van der Waals surface area contributed by atoms with Crippen LogP contribution in [-0.4, -0.2) is 6.17 Å². The fourth-order valence-corrected chi connectivity index (χ4v) is 3.68. The Morgan fingerprint density at radius 2 is 1.65 bits per heavy atom. The summed E-state index contributed by atoms with van der Waals surface area (Å²) in [6.07, 6.45) is 4.79. The van der Waals surface area contributed by atoms with Gasteiger partial charge in [-0.2, -0.15) is 2.70 Å². The Morgan fingerprint density at radius 3 is 2.35 bits per heavy atom. The molecule has 0 amide bonds. The average molecular weight is 377 g/mol. The monoisotopic (exact) mass is 377 g/mol. The second-order valence-corrected chi connectivity index (χ2v) is 6.74. The molecule has 3 heteroatoms. The first kappa shape index (κ1) is 13.6. The number of quaternary nitrogens is 1. The van der Waals surface area contributed by atoms with E-state index < -0.39 is 0 Å². The molecule has 0 aliphatic carbocycles. The maximum atomic E-state index is 2.53. The van der Waals surface area contributed by atoms with E-state index in [-0.39, 0.29) is 0 Å². The first-order chi connectivity index (χ1) is 9.63. The number of anilines is 1. The summed E-state index contributed by atoms with van der Waals surface area (Å²) < 4.78 is 0.777. The first-order valence-corrected chi connectivity index (χ1v) is 7.76. The summed E-state index contributed by atoms with van der Waals surface area (Å²) in [6, 6.07) is 19.2. The standard InChI is InChI=1S/C17H18IN2/c1-14-8-6-7-11-17(14)20(18)13-12-19(15(20)2)16-9-4-3-5-10-16/h3-13,15H,1-2H3/q+1/t15-,20?/m0/s1. The summed E-state index contributed by atoms with van der Waals surface area (Å²) in [7, 11) is 0. The van der Waals surface area contributed by atoms with Crippen LogP contribution in [0.5, 0.6) is 0 Å². The van der Waals surface area contributed by atoms with Crippen LogP contribution in [0.15, 0.2) is 67.0 Å². The van der Waals surface area contributed by atoms with Gasteiger partial charge in [-0.15, -0.1) is 0 Å².